The van der Waals surface area contributed by atoms with Gasteiger partial charge in [0.2, 0.25) is 5.91 Å². The third-order valence-corrected chi connectivity index (χ3v) is 5.27. The maximum Gasteiger partial charge on any atom is 0.255 e. The van der Waals surface area contributed by atoms with E-state index in [-0.39, 0.29) is 5.91 Å². The molecule has 2 amide bonds. The molecule has 3 aromatic rings. The first-order chi connectivity index (χ1) is 13.0. The predicted octanol–water partition coefficient (Wildman–Crippen LogP) is 3.00. The van der Waals surface area contributed by atoms with E-state index < -0.39 is 5.91 Å². The number of pyridine rings is 1. The lowest BCUT2D eigenvalue weighted by Crippen LogP contribution is -2.37. The first-order valence-electron chi connectivity index (χ1n) is 9.19. The molecule has 1 aromatic carbocycles. The molecule has 138 valence electrons. The molecule has 4 rings (SSSR count). The van der Waals surface area contributed by atoms with Crippen LogP contribution in [-0.2, 0) is 0 Å². The van der Waals surface area contributed by atoms with Crippen molar-refractivity contribution in [3.8, 4) is 5.69 Å². The molecule has 1 aliphatic rings. The van der Waals surface area contributed by atoms with Gasteiger partial charge in [-0.3, -0.25) is 9.59 Å². The average molecular weight is 362 g/mol. The Morgan fingerprint density at radius 3 is 2.44 bits per heavy atom. The number of carbonyl (C=O) groups excluding carboxylic acids is 2. The smallest absolute Gasteiger partial charge is 0.255 e. The van der Waals surface area contributed by atoms with Crippen LogP contribution in [0.1, 0.15) is 40.5 Å². The summed E-state index contributed by atoms with van der Waals surface area (Å²) in [6.07, 6.45) is 5.67. The van der Waals surface area contributed by atoms with Crippen molar-refractivity contribution in [3.05, 3.63) is 59.9 Å². The second-order valence-electron chi connectivity index (χ2n) is 7.21. The summed E-state index contributed by atoms with van der Waals surface area (Å²) in [6.45, 7) is 3.85. The zero-order valence-electron chi connectivity index (χ0n) is 15.3. The van der Waals surface area contributed by atoms with E-state index in [4.69, 9.17) is 5.73 Å². The molecule has 3 heterocycles. The molecule has 1 saturated heterocycles. The number of likely N-dealkylation sites (tertiary alicyclic amines) is 1. The van der Waals surface area contributed by atoms with Gasteiger partial charge < -0.3 is 15.2 Å². The Balaban J connectivity index is 1.61. The number of hydrogen-bond donors (Lipinski definition) is 1. The van der Waals surface area contributed by atoms with E-state index in [1.807, 2.05) is 39.9 Å². The number of fused-ring (bicyclic) bond motifs is 1. The van der Waals surface area contributed by atoms with Gasteiger partial charge in [0.25, 0.3) is 5.91 Å². The minimum Gasteiger partial charge on any atom is -0.366 e. The van der Waals surface area contributed by atoms with E-state index in [0.717, 1.165) is 42.7 Å². The van der Waals surface area contributed by atoms with E-state index in [9.17, 15) is 9.59 Å². The number of nitrogens with two attached hydrogens (primary N) is 1. The fourth-order valence-corrected chi connectivity index (χ4v) is 3.53. The Bertz CT molecular complexity index is 999. The second kappa shape index (κ2) is 6.87. The number of aromatic nitrogens is 2. The standard InChI is InChI=1S/C21H22N4O2/c1-14-6-9-24(10-7-14)21(27)17-12-16-8-11-25(20(16)23-13-17)18-4-2-15(3-5-18)19(22)26/h2-5,8,11-14H,6-7,9-10H2,1H3,(H2,22,26). The average Bonchev–Trinajstić information content (AvgIpc) is 3.11. The summed E-state index contributed by atoms with van der Waals surface area (Å²) in [6, 6.07) is 10.9. The summed E-state index contributed by atoms with van der Waals surface area (Å²) < 4.78 is 1.93. The number of piperidine rings is 1. The molecule has 27 heavy (non-hydrogen) atoms. The Kier molecular flexibility index (Phi) is 4.39. The van der Waals surface area contributed by atoms with Gasteiger partial charge in [0, 0.05) is 42.1 Å². The monoisotopic (exact) mass is 362 g/mol. The highest BCUT2D eigenvalue weighted by molar-refractivity contribution is 5.97. The molecule has 0 radical (unpaired) electrons. The molecule has 2 aromatic heterocycles. The summed E-state index contributed by atoms with van der Waals surface area (Å²) in [4.78, 5) is 30.4. The Morgan fingerprint density at radius 2 is 1.78 bits per heavy atom. The van der Waals surface area contributed by atoms with Crippen molar-refractivity contribution in [1.82, 2.24) is 14.5 Å². The first kappa shape index (κ1) is 17.3. The van der Waals surface area contributed by atoms with Gasteiger partial charge in [-0.1, -0.05) is 6.92 Å². The van der Waals surface area contributed by atoms with Crippen LogP contribution in [0, 0.1) is 5.92 Å². The SMILES string of the molecule is CC1CCN(C(=O)c2cnc3c(ccn3-c3ccc(C(N)=O)cc3)c2)CC1. The number of hydrogen-bond acceptors (Lipinski definition) is 3. The third kappa shape index (κ3) is 3.30. The van der Waals surface area contributed by atoms with E-state index in [2.05, 4.69) is 11.9 Å². The number of amides is 2. The molecular formula is C21H22N4O2. The number of rotatable bonds is 3. The van der Waals surface area contributed by atoms with Crippen LogP contribution in [-0.4, -0.2) is 39.4 Å². The minimum absolute atomic E-state index is 0.0508. The van der Waals surface area contributed by atoms with Gasteiger partial charge in [-0.15, -0.1) is 0 Å². The van der Waals surface area contributed by atoms with Gasteiger partial charge in [-0.05, 0) is 55.2 Å². The highest BCUT2D eigenvalue weighted by Crippen LogP contribution is 2.22. The van der Waals surface area contributed by atoms with Gasteiger partial charge >= 0.3 is 0 Å². The molecule has 6 heteroatoms. The molecule has 0 atom stereocenters. The maximum atomic E-state index is 12.8. The van der Waals surface area contributed by atoms with Crippen LogP contribution in [0.15, 0.2) is 48.8 Å². The predicted molar refractivity (Wildman–Crippen MR) is 104 cm³/mol. The fraction of sp³-hybridized carbons (Fsp3) is 0.286. The molecule has 0 spiro atoms. The van der Waals surface area contributed by atoms with Gasteiger partial charge in [0.1, 0.15) is 5.65 Å². The number of nitrogens with zero attached hydrogens (tertiary/aromatic N) is 3. The van der Waals surface area contributed by atoms with Crippen molar-refractivity contribution in [1.29, 1.82) is 0 Å². The van der Waals surface area contributed by atoms with Crippen LogP contribution in [0.5, 0.6) is 0 Å². The molecule has 0 aliphatic carbocycles. The van der Waals surface area contributed by atoms with Crippen molar-refractivity contribution in [2.24, 2.45) is 11.7 Å². The zero-order valence-corrected chi connectivity index (χ0v) is 15.3. The lowest BCUT2D eigenvalue weighted by atomic mass is 9.99. The van der Waals surface area contributed by atoms with E-state index in [0.29, 0.717) is 17.0 Å². The van der Waals surface area contributed by atoms with E-state index >= 15 is 0 Å². The van der Waals surface area contributed by atoms with Crippen LogP contribution in [0.3, 0.4) is 0 Å². The molecule has 6 nitrogen and oxygen atoms in total. The van der Waals surface area contributed by atoms with Crippen LogP contribution in [0.25, 0.3) is 16.7 Å². The number of primary amides is 1. The molecule has 2 N–H and O–H groups in total. The third-order valence-electron chi connectivity index (χ3n) is 5.27. The Labute approximate surface area is 157 Å². The van der Waals surface area contributed by atoms with Crippen molar-refractivity contribution in [2.45, 2.75) is 19.8 Å². The summed E-state index contributed by atoms with van der Waals surface area (Å²) in [5.74, 6) is 0.284. The van der Waals surface area contributed by atoms with Crippen LogP contribution in [0.4, 0.5) is 0 Å². The summed E-state index contributed by atoms with van der Waals surface area (Å²) in [5.41, 5.74) is 8.03. The van der Waals surface area contributed by atoms with Gasteiger partial charge in [-0.2, -0.15) is 0 Å². The highest BCUT2D eigenvalue weighted by Gasteiger charge is 2.22. The van der Waals surface area contributed by atoms with Gasteiger partial charge in [-0.25, -0.2) is 4.98 Å². The largest absolute Gasteiger partial charge is 0.366 e. The Morgan fingerprint density at radius 1 is 1.07 bits per heavy atom. The lowest BCUT2D eigenvalue weighted by Gasteiger charge is -2.30. The fourth-order valence-electron chi connectivity index (χ4n) is 3.53. The Hall–Kier alpha value is -3.15. The molecule has 1 aliphatic heterocycles. The van der Waals surface area contributed by atoms with Gasteiger partial charge in [0.05, 0.1) is 5.56 Å². The maximum absolute atomic E-state index is 12.8. The summed E-state index contributed by atoms with van der Waals surface area (Å²) >= 11 is 0. The van der Waals surface area contributed by atoms with Crippen LogP contribution >= 0.6 is 0 Å². The second-order valence-corrected chi connectivity index (χ2v) is 7.21. The normalized spacial score (nSPS) is 15.2. The highest BCUT2D eigenvalue weighted by atomic mass is 16.2. The molecule has 1 fully saturated rings. The molecular weight excluding hydrogens is 340 g/mol. The van der Waals surface area contributed by atoms with Crippen molar-refractivity contribution >= 4 is 22.8 Å². The van der Waals surface area contributed by atoms with E-state index in [1.54, 1.807) is 18.3 Å². The summed E-state index contributed by atoms with van der Waals surface area (Å²) in [7, 11) is 0. The quantitative estimate of drug-likeness (QED) is 0.778. The van der Waals surface area contributed by atoms with Crippen molar-refractivity contribution < 1.29 is 9.59 Å². The zero-order chi connectivity index (χ0) is 19.0. The van der Waals surface area contributed by atoms with E-state index in [1.165, 1.54) is 0 Å². The number of carbonyl (C=O) groups is 2. The topological polar surface area (TPSA) is 81.2 Å². The summed E-state index contributed by atoms with van der Waals surface area (Å²) in [5, 5.41) is 0.908. The number of benzene rings is 1. The molecule has 0 bridgehead atoms. The minimum atomic E-state index is -0.452. The molecule has 0 saturated carbocycles. The van der Waals surface area contributed by atoms with Crippen molar-refractivity contribution in [2.75, 3.05) is 13.1 Å². The molecule has 0 unspecified atom stereocenters. The van der Waals surface area contributed by atoms with Crippen LogP contribution < -0.4 is 5.73 Å². The van der Waals surface area contributed by atoms with Gasteiger partial charge in [0.15, 0.2) is 0 Å². The van der Waals surface area contributed by atoms with Crippen molar-refractivity contribution in [3.63, 3.8) is 0 Å². The van der Waals surface area contributed by atoms with Crippen LogP contribution in [0.2, 0.25) is 0 Å². The first-order valence-corrected chi connectivity index (χ1v) is 9.19. The lowest BCUT2D eigenvalue weighted by molar-refractivity contribution is 0.0697.